The Morgan fingerprint density at radius 2 is 1.95 bits per heavy atom. The van der Waals surface area contributed by atoms with Gasteiger partial charge in [-0.15, -0.1) is 0 Å². The second-order valence-corrected chi connectivity index (χ2v) is 6.16. The number of aryl methyl sites for hydroxylation is 1. The van der Waals surface area contributed by atoms with E-state index in [0.717, 1.165) is 45.7 Å². The summed E-state index contributed by atoms with van der Waals surface area (Å²) in [4.78, 5) is 14.5. The number of nitrogens with zero attached hydrogens (tertiary/aromatic N) is 1. The maximum Gasteiger partial charge on any atom is 0.223 e. The monoisotopic (exact) mass is 288 g/mol. The van der Waals surface area contributed by atoms with Gasteiger partial charge in [-0.1, -0.05) is 29.8 Å². The third kappa shape index (κ3) is 4.05. The SMILES string of the molecule is Cc1ccc(C(CN2CCOCC2)NC(=O)C2CC2)cc1. The molecule has 0 aromatic heterocycles. The van der Waals surface area contributed by atoms with Crippen LogP contribution in [0.5, 0.6) is 0 Å². The van der Waals surface area contributed by atoms with Crippen LogP contribution in [0.25, 0.3) is 0 Å². The molecule has 0 radical (unpaired) electrons. The number of carbonyl (C=O) groups is 1. The molecule has 4 heteroatoms. The lowest BCUT2D eigenvalue weighted by Crippen LogP contribution is -2.43. The molecule has 1 saturated carbocycles. The minimum absolute atomic E-state index is 0.0804. The first-order valence-corrected chi connectivity index (χ1v) is 7.89. The van der Waals surface area contributed by atoms with E-state index in [4.69, 9.17) is 4.74 Å². The molecule has 0 spiro atoms. The van der Waals surface area contributed by atoms with Crippen LogP contribution in [0.2, 0.25) is 0 Å². The van der Waals surface area contributed by atoms with Crippen molar-refractivity contribution in [2.45, 2.75) is 25.8 Å². The Bertz CT molecular complexity index is 476. The van der Waals surface area contributed by atoms with E-state index in [0.29, 0.717) is 0 Å². The predicted molar refractivity (Wildman–Crippen MR) is 82.0 cm³/mol. The molecule has 1 aromatic rings. The van der Waals surface area contributed by atoms with Gasteiger partial charge in [-0.3, -0.25) is 9.69 Å². The van der Waals surface area contributed by atoms with Crippen LogP contribution in [-0.2, 0) is 9.53 Å². The van der Waals surface area contributed by atoms with Crippen LogP contribution in [0.3, 0.4) is 0 Å². The number of morpholine rings is 1. The summed E-state index contributed by atoms with van der Waals surface area (Å²) in [5.74, 6) is 0.469. The largest absolute Gasteiger partial charge is 0.379 e. The average molecular weight is 288 g/mol. The third-order valence-electron chi connectivity index (χ3n) is 4.29. The first-order chi connectivity index (χ1) is 10.2. The highest BCUT2D eigenvalue weighted by Gasteiger charge is 2.31. The number of amides is 1. The molecule has 1 amide bonds. The minimum atomic E-state index is 0.0804. The van der Waals surface area contributed by atoms with Gasteiger partial charge in [-0.2, -0.15) is 0 Å². The number of rotatable bonds is 5. The highest BCUT2D eigenvalue weighted by atomic mass is 16.5. The highest BCUT2D eigenvalue weighted by Crippen LogP contribution is 2.30. The Hall–Kier alpha value is -1.39. The molecule has 1 atom stereocenters. The Balaban J connectivity index is 1.69. The van der Waals surface area contributed by atoms with Crippen molar-refractivity contribution in [1.29, 1.82) is 0 Å². The summed E-state index contributed by atoms with van der Waals surface area (Å²) in [5.41, 5.74) is 2.44. The zero-order valence-electron chi connectivity index (χ0n) is 12.7. The topological polar surface area (TPSA) is 41.6 Å². The van der Waals surface area contributed by atoms with E-state index in [1.54, 1.807) is 0 Å². The van der Waals surface area contributed by atoms with Crippen LogP contribution in [0, 0.1) is 12.8 Å². The second kappa shape index (κ2) is 6.58. The fourth-order valence-corrected chi connectivity index (χ4v) is 2.71. The van der Waals surface area contributed by atoms with Gasteiger partial charge in [0.05, 0.1) is 19.3 Å². The summed E-state index contributed by atoms with van der Waals surface area (Å²) in [6.45, 7) is 6.42. The normalized spacial score (nSPS) is 21.0. The van der Waals surface area contributed by atoms with E-state index >= 15 is 0 Å². The van der Waals surface area contributed by atoms with E-state index in [2.05, 4.69) is 41.4 Å². The smallest absolute Gasteiger partial charge is 0.223 e. The first kappa shape index (κ1) is 14.5. The van der Waals surface area contributed by atoms with Crippen LogP contribution < -0.4 is 5.32 Å². The molecule has 1 saturated heterocycles. The lowest BCUT2D eigenvalue weighted by Gasteiger charge is -2.31. The van der Waals surface area contributed by atoms with Crippen LogP contribution in [0.4, 0.5) is 0 Å². The molecular formula is C17H24N2O2. The van der Waals surface area contributed by atoms with Crippen LogP contribution in [0.15, 0.2) is 24.3 Å². The van der Waals surface area contributed by atoms with Crippen molar-refractivity contribution >= 4 is 5.91 Å². The quantitative estimate of drug-likeness (QED) is 0.899. The van der Waals surface area contributed by atoms with Crippen molar-refractivity contribution in [2.75, 3.05) is 32.8 Å². The van der Waals surface area contributed by atoms with Gasteiger partial charge in [-0.05, 0) is 25.3 Å². The summed E-state index contributed by atoms with van der Waals surface area (Å²) < 4.78 is 5.40. The maximum atomic E-state index is 12.1. The fourth-order valence-electron chi connectivity index (χ4n) is 2.71. The summed E-state index contributed by atoms with van der Waals surface area (Å²) in [6, 6.07) is 8.58. The summed E-state index contributed by atoms with van der Waals surface area (Å²) in [5, 5.41) is 3.24. The van der Waals surface area contributed by atoms with Gasteiger partial charge in [0.25, 0.3) is 0 Å². The fraction of sp³-hybridized carbons (Fsp3) is 0.588. The Labute approximate surface area is 126 Å². The molecule has 2 aliphatic rings. The van der Waals surface area contributed by atoms with Crippen LogP contribution in [-0.4, -0.2) is 43.7 Å². The van der Waals surface area contributed by atoms with Crippen molar-refractivity contribution in [1.82, 2.24) is 10.2 Å². The standard InChI is InChI=1S/C17H24N2O2/c1-13-2-4-14(5-3-13)16(18-17(20)15-6-7-15)12-19-8-10-21-11-9-19/h2-5,15-16H,6-12H2,1H3,(H,18,20). The number of hydrogen-bond acceptors (Lipinski definition) is 3. The minimum Gasteiger partial charge on any atom is -0.379 e. The van der Waals surface area contributed by atoms with Gasteiger partial charge in [0.1, 0.15) is 0 Å². The number of hydrogen-bond donors (Lipinski definition) is 1. The Morgan fingerprint density at radius 1 is 1.29 bits per heavy atom. The van der Waals surface area contributed by atoms with E-state index in [9.17, 15) is 4.79 Å². The van der Waals surface area contributed by atoms with E-state index in [1.807, 2.05) is 0 Å². The van der Waals surface area contributed by atoms with Crippen LogP contribution in [0.1, 0.15) is 30.0 Å². The number of benzene rings is 1. The molecule has 1 aromatic carbocycles. The predicted octanol–water partition coefficient (Wildman–Crippen LogP) is 1.89. The number of carbonyl (C=O) groups excluding carboxylic acids is 1. The van der Waals surface area contributed by atoms with Crippen molar-refractivity contribution in [3.8, 4) is 0 Å². The van der Waals surface area contributed by atoms with Crippen molar-refractivity contribution in [2.24, 2.45) is 5.92 Å². The summed E-state index contributed by atoms with van der Waals surface area (Å²) in [6.07, 6.45) is 2.09. The zero-order valence-corrected chi connectivity index (χ0v) is 12.7. The molecule has 114 valence electrons. The van der Waals surface area contributed by atoms with Crippen molar-refractivity contribution in [3.05, 3.63) is 35.4 Å². The summed E-state index contributed by atoms with van der Waals surface area (Å²) >= 11 is 0. The second-order valence-electron chi connectivity index (χ2n) is 6.16. The molecular weight excluding hydrogens is 264 g/mol. The van der Waals surface area contributed by atoms with E-state index < -0.39 is 0 Å². The molecule has 4 nitrogen and oxygen atoms in total. The Kier molecular flexibility index (Phi) is 4.56. The third-order valence-corrected chi connectivity index (χ3v) is 4.29. The molecule has 1 heterocycles. The first-order valence-electron chi connectivity index (χ1n) is 7.89. The van der Waals surface area contributed by atoms with Crippen molar-refractivity contribution < 1.29 is 9.53 Å². The molecule has 2 fully saturated rings. The van der Waals surface area contributed by atoms with Gasteiger partial charge in [0, 0.05) is 25.6 Å². The molecule has 21 heavy (non-hydrogen) atoms. The highest BCUT2D eigenvalue weighted by molar-refractivity contribution is 5.81. The zero-order chi connectivity index (χ0) is 14.7. The maximum absolute atomic E-state index is 12.1. The molecule has 1 aliphatic carbocycles. The molecule has 1 unspecified atom stereocenters. The molecule has 3 rings (SSSR count). The molecule has 1 aliphatic heterocycles. The Morgan fingerprint density at radius 3 is 2.57 bits per heavy atom. The van der Waals surface area contributed by atoms with E-state index in [1.165, 1.54) is 11.1 Å². The van der Waals surface area contributed by atoms with Gasteiger partial charge >= 0.3 is 0 Å². The molecule has 1 N–H and O–H groups in total. The lowest BCUT2D eigenvalue weighted by atomic mass is 10.0. The van der Waals surface area contributed by atoms with Crippen LogP contribution >= 0.6 is 0 Å². The van der Waals surface area contributed by atoms with Gasteiger partial charge in [0.2, 0.25) is 5.91 Å². The van der Waals surface area contributed by atoms with Crippen molar-refractivity contribution in [3.63, 3.8) is 0 Å². The van der Waals surface area contributed by atoms with Gasteiger partial charge in [0.15, 0.2) is 0 Å². The molecule has 0 bridgehead atoms. The summed E-state index contributed by atoms with van der Waals surface area (Å²) in [7, 11) is 0. The average Bonchev–Trinajstić information content (AvgIpc) is 3.33. The number of nitrogens with one attached hydrogen (secondary N) is 1. The lowest BCUT2D eigenvalue weighted by molar-refractivity contribution is -0.123. The number of ether oxygens (including phenoxy) is 1. The van der Waals surface area contributed by atoms with E-state index in [-0.39, 0.29) is 17.9 Å². The van der Waals surface area contributed by atoms with Gasteiger partial charge < -0.3 is 10.1 Å². The van der Waals surface area contributed by atoms with Gasteiger partial charge in [-0.25, -0.2) is 0 Å².